The molecule has 0 aromatic heterocycles. The highest BCUT2D eigenvalue weighted by Crippen LogP contribution is 2.17. The van der Waals surface area contributed by atoms with Crippen molar-refractivity contribution in [2.45, 2.75) is 32.4 Å². The van der Waals surface area contributed by atoms with E-state index < -0.39 is 0 Å². The van der Waals surface area contributed by atoms with Gasteiger partial charge in [-0.25, -0.2) is 0 Å². The van der Waals surface area contributed by atoms with Crippen LogP contribution in [-0.4, -0.2) is 41.7 Å². The third kappa shape index (κ3) is 3.33. The lowest BCUT2D eigenvalue weighted by Crippen LogP contribution is -2.50. The van der Waals surface area contributed by atoms with Gasteiger partial charge in [-0.15, -0.1) is 0 Å². The van der Waals surface area contributed by atoms with E-state index in [-0.39, 0.29) is 18.6 Å². The first-order valence-electron chi connectivity index (χ1n) is 6.96. The van der Waals surface area contributed by atoms with Gasteiger partial charge in [-0.05, 0) is 24.0 Å². The Hall–Kier alpha value is -1.39. The molecule has 1 aliphatic heterocycles. The van der Waals surface area contributed by atoms with Crippen LogP contribution >= 0.6 is 0 Å². The smallest absolute Gasteiger partial charge is 0.240 e. The lowest BCUT2D eigenvalue weighted by Gasteiger charge is -2.30. The quantitative estimate of drug-likeness (QED) is 0.830. The van der Waals surface area contributed by atoms with Gasteiger partial charge in [-0.3, -0.25) is 4.79 Å². The number of aliphatic hydroxyl groups excluding tert-OH is 1. The standard InChI is InChI=1S/C15H22N2O2/c1-2-7-17(8-9-18)15(19)14-10-12-5-3-4-6-13(12)11-16-14/h3-6,14,16,18H,2,7-11H2,1H3/t14-/m0/s1. The zero-order chi connectivity index (χ0) is 13.7. The van der Waals surface area contributed by atoms with E-state index in [9.17, 15) is 4.79 Å². The molecule has 0 aliphatic carbocycles. The summed E-state index contributed by atoms with van der Waals surface area (Å²) < 4.78 is 0. The highest BCUT2D eigenvalue weighted by Gasteiger charge is 2.27. The van der Waals surface area contributed by atoms with Gasteiger partial charge < -0.3 is 15.3 Å². The first kappa shape index (κ1) is 14.0. The number of fused-ring (bicyclic) bond motifs is 1. The Morgan fingerprint density at radius 3 is 2.79 bits per heavy atom. The summed E-state index contributed by atoms with van der Waals surface area (Å²) in [6.07, 6.45) is 1.65. The number of nitrogens with zero attached hydrogens (tertiary/aromatic N) is 1. The predicted octanol–water partition coefficient (Wildman–Crippen LogP) is 0.932. The molecule has 1 aromatic rings. The summed E-state index contributed by atoms with van der Waals surface area (Å²) in [7, 11) is 0. The van der Waals surface area contributed by atoms with Crippen molar-refractivity contribution in [1.29, 1.82) is 0 Å². The molecular weight excluding hydrogens is 240 g/mol. The van der Waals surface area contributed by atoms with Gasteiger partial charge in [0.05, 0.1) is 12.6 Å². The molecule has 0 bridgehead atoms. The fourth-order valence-corrected chi connectivity index (χ4v) is 2.57. The summed E-state index contributed by atoms with van der Waals surface area (Å²) in [5.74, 6) is 0.102. The highest BCUT2D eigenvalue weighted by atomic mass is 16.3. The fraction of sp³-hybridized carbons (Fsp3) is 0.533. The number of rotatable bonds is 5. The summed E-state index contributed by atoms with van der Waals surface area (Å²) >= 11 is 0. The Morgan fingerprint density at radius 1 is 1.37 bits per heavy atom. The fourth-order valence-electron chi connectivity index (χ4n) is 2.57. The Morgan fingerprint density at radius 2 is 2.11 bits per heavy atom. The second-order valence-electron chi connectivity index (χ2n) is 4.96. The molecule has 4 nitrogen and oxygen atoms in total. The van der Waals surface area contributed by atoms with Crippen LogP contribution < -0.4 is 5.32 Å². The minimum absolute atomic E-state index is 0.0229. The number of aliphatic hydroxyl groups is 1. The molecule has 1 amide bonds. The first-order valence-corrected chi connectivity index (χ1v) is 6.96. The largest absolute Gasteiger partial charge is 0.395 e. The van der Waals surface area contributed by atoms with Crippen LogP contribution in [0, 0.1) is 0 Å². The van der Waals surface area contributed by atoms with Crippen LogP contribution in [0.3, 0.4) is 0 Å². The summed E-state index contributed by atoms with van der Waals surface area (Å²) in [5.41, 5.74) is 2.52. The van der Waals surface area contributed by atoms with Crippen molar-refractivity contribution < 1.29 is 9.90 Å². The van der Waals surface area contributed by atoms with Crippen LogP contribution in [0.4, 0.5) is 0 Å². The van der Waals surface area contributed by atoms with Crippen molar-refractivity contribution >= 4 is 5.91 Å². The summed E-state index contributed by atoms with van der Waals surface area (Å²) in [6.45, 7) is 3.94. The SMILES string of the molecule is CCCN(CCO)C(=O)[C@@H]1Cc2ccccc2CN1. The molecule has 2 rings (SSSR count). The van der Waals surface area contributed by atoms with Gasteiger partial charge in [0.25, 0.3) is 0 Å². The Kier molecular flexibility index (Phi) is 4.93. The molecule has 0 saturated carbocycles. The van der Waals surface area contributed by atoms with Crippen LogP contribution in [-0.2, 0) is 17.8 Å². The average molecular weight is 262 g/mol. The van der Waals surface area contributed by atoms with Crippen LogP contribution in [0.1, 0.15) is 24.5 Å². The van der Waals surface area contributed by atoms with Gasteiger partial charge in [0.15, 0.2) is 0 Å². The minimum atomic E-state index is -0.159. The third-order valence-corrected chi connectivity index (χ3v) is 3.55. The van der Waals surface area contributed by atoms with E-state index in [0.29, 0.717) is 13.1 Å². The lowest BCUT2D eigenvalue weighted by molar-refractivity contribution is -0.134. The van der Waals surface area contributed by atoms with Crippen LogP contribution in [0.25, 0.3) is 0 Å². The monoisotopic (exact) mass is 262 g/mol. The summed E-state index contributed by atoms with van der Waals surface area (Å²) in [4.78, 5) is 14.2. The minimum Gasteiger partial charge on any atom is -0.395 e. The number of hydrogen-bond donors (Lipinski definition) is 2. The molecule has 0 unspecified atom stereocenters. The van der Waals surface area contributed by atoms with E-state index in [4.69, 9.17) is 5.11 Å². The zero-order valence-electron chi connectivity index (χ0n) is 11.4. The molecule has 1 aliphatic rings. The molecule has 1 heterocycles. The number of carbonyl (C=O) groups is 1. The molecule has 0 radical (unpaired) electrons. The average Bonchev–Trinajstić information content (AvgIpc) is 2.46. The lowest BCUT2D eigenvalue weighted by atomic mass is 9.95. The van der Waals surface area contributed by atoms with Gasteiger partial charge in [-0.2, -0.15) is 0 Å². The van der Waals surface area contributed by atoms with E-state index in [2.05, 4.69) is 17.4 Å². The van der Waals surface area contributed by atoms with Crippen LogP contribution in [0.2, 0.25) is 0 Å². The molecular formula is C15H22N2O2. The summed E-state index contributed by atoms with van der Waals surface area (Å²) in [6, 6.07) is 8.07. The molecule has 0 spiro atoms. The third-order valence-electron chi connectivity index (χ3n) is 3.55. The maximum absolute atomic E-state index is 12.4. The Labute approximate surface area is 114 Å². The summed E-state index contributed by atoms with van der Waals surface area (Å²) in [5, 5.41) is 12.4. The van der Waals surface area contributed by atoms with Crippen molar-refractivity contribution in [1.82, 2.24) is 10.2 Å². The van der Waals surface area contributed by atoms with Crippen molar-refractivity contribution in [2.75, 3.05) is 19.7 Å². The van der Waals surface area contributed by atoms with Gasteiger partial charge >= 0.3 is 0 Å². The van der Waals surface area contributed by atoms with Crippen LogP contribution in [0.5, 0.6) is 0 Å². The number of nitrogens with one attached hydrogen (secondary N) is 1. The van der Waals surface area contributed by atoms with Crippen molar-refractivity contribution in [3.05, 3.63) is 35.4 Å². The van der Waals surface area contributed by atoms with E-state index in [0.717, 1.165) is 19.4 Å². The maximum Gasteiger partial charge on any atom is 0.240 e. The second kappa shape index (κ2) is 6.68. The molecule has 0 fully saturated rings. The van der Waals surface area contributed by atoms with Gasteiger partial charge in [0.1, 0.15) is 0 Å². The number of benzene rings is 1. The molecule has 2 N–H and O–H groups in total. The topological polar surface area (TPSA) is 52.6 Å². The second-order valence-corrected chi connectivity index (χ2v) is 4.96. The Balaban J connectivity index is 2.04. The first-order chi connectivity index (χ1) is 9.26. The maximum atomic E-state index is 12.4. The van der Waals surface area contributed by atoms with E-state index in [1.807, 2.05) is 19.1 Å². The van der Waals surface area contributed by atoms with E-state index >= 15 is 0 Å². The molecule has 19 heavy (non-hydrogen) atoms. The number of carbonyl (C=O) groups excluding carboxylic acids is 1. The number of amides is 1. The number of hydrogen-bond acceptors (Lipinski definition) is 3. The molecule has 1 aromatic carbocycles. The highest BCUT2D eigenvalue weighted by molar-refractivity contribution is 5.82. The zero-order valence-corrected chi connectivity index (χ0v) is 11.4. The molecule has 4 heteroatoms. The van der Waals surface area contributed by atoms with Crippen molar-refractivity contribution in [3.8, 4) is 0 Å². The van der Waals surface area contributed by atoms with Crippen molar-refractivity contribution in [3.63, 3.8) is 0 Å². The molecule has 104 valence electrons. The van der Waals surface area contributed by atoms with Gasteiger partial charge in [-0.1, -0.05) is 31.2 Å². The van der Waals surface area contributed by atoms with Crippen LogP contribution in [0.15, 0.2) is 24.3 Å². The molecule has 1 atom stereocenters. The van der Waals surface area contributed by atoms with Gasteiger partial charge in [0.2, 0.25) is 5.91 Å². The molecule has 0 saturated heterocycles. The van der Waals surface area contributed by atoms with E-state index in [1.54, 1.807) is 4.90 Å². The Bertz CT molecular complexity index is 428. The normalized spacial score (nSPS) is 17.9. The van der Waals surface area contributed by atoms with Crippen molar-refractivity contribution in [2.24, 2.45) is 0 Å². The van der Waals surface area contributed by atoms with Gasteiger partial charge in [0, 0.05) is 19.6 Å². The van der Waals surface area contributed by atoms with E-state index in [1.165, 1.54) is 11.1 Å². The predicted molar refractivity (Wildman–Crippen MR) is 74.7 cm³/mol.